The molecule has 0 atom stereocenters. The molecule has 0 aliphatic carbocycles. The minimum Gasteiger partial charge on any atom is -0.338 e. The highest BCUT2D eigenvalue weighted by Gasteiger charge is 2.48. The van der Waals surface area contributed by atoms with Gasteiger partial charge in [-0.3, -0.25) is 19.7 Å². The van der Waals surface area contributed by atoms with Gasteiger partial charge >= 0.3 is 0 Å². The average Bonchev–Trinajstić information content (AvgIpc) is 3.01. The topological polar surface area (TPSA) is 49.3 Å². The summed E-state index contributed by atoms with van der Waals surface area (Å²) in [4.78, 5) is 25.0. The van der Waals surface area contributed by atoms with Crippen LogP contribution in [0.1, 0.15) is 22.3 Å². The van der Waals surface area contributed by atoms with Crippen LogP contribution in [0.3, 0.4) is 0 Å². The van der Waals surface area contributed by atoms with Gasteiger partial charge in [-0.15, -0.1) is 0 Å². The van der Waals surface area contributed by atoms with Gasteiger partial charge in [0.05, 0.1) is 0 Å². The van der Waals surface area contributed by atoms with E-state index in [0.29, 0.717) is 5.41 Å². The van der Waals surface area contributed by atoms with E-state index in [-0.39, 0.29) is 5.91 Å². The summed E-state index contributed by atoms with van der Waals surface area (Å²) in [7, 11) is 0. The summed E-state index contributed by atoms with van der Waals surface area (Å²) in [6.45, 7) is 4.87. The molecule has 0 unspecified atom stereocenters. The molecule has 0 bridgehead atoms. The highest BCUT2D eigenvalue weighted by Crippen LogP contribution is 2.40. The van der Waals surface area contributed by atoms with Crippen molar-refractivity contribution in [2.24, 2.45) is 5.41 Å². The predicted molar refractivity (Wildman–Crippen MR) is 86.7 cm³/mol. The van der Waals surface area contributed by atoms with Crippen molar-refractivity contribution in [1.82, 2.24) is 19.8 Å². The molecule has 4 rings (SSSR count). The summed E-state index contributed by atoms with van der Waals surface area (Å²) in [5.74, 6) is 0.136. The average molecular weight is 308 g/mol. The zero-order valence-corrected chi connectivity index (χ0v) is 13.1. The molecule has 2 aromatic rings. The normalized spacial score (nSPS) is 19.7. The van der Waals surface area contributed by atoms with Crippen molar-refractivity contribution in [3.63, 3.8) is 0 Å². The largest absolute Gasteiger partial charge is 0.338 e. The van der Waals surface area contributed by atoms with Crippen LogP contribution in [0, 0.1) is 5.41 Å². The summed E-state index contributed by atoms with van der Waals surface area (Å²) in [6, 6.07) is 7.73. The Kier molecular flexibility index (Phi) is 3.58. The van der Waals surface area contributed by atoms with Crippen LogP contribution in [-0.4, -0.2) is 51.9 Å². The first-order chi connectivity index (χ1) is 11.2. The van der Waals surface area contributed by atoms with Crippen molar-refractivity contribution in [2.45, 2.75) is 13.0 Å². The number of hydrogen-bond acceptors (Lipinski definition) is 4. The van der Waals surface area contributed by atoms with Crippen LogP contribution in [-0.2, 0) is 6.54 Å². The van der Waals surface area contributed by atoms with Crippen LogP contribution < -0.4 is 0 Å². The Morgan fingerprint density at radius 2 is 1.65 bits per heavy atom. The molecule has 2 fully saturated rings. The van der Waals surface area contributed by atoms with Gasteiger partial charge in [0.15, 0.2) is 0 Å². The Labute approximate surface area is 136 Å². The Balaban J connectivity index is 1.34. The molecule has 0 N–H and O–H groups in total. The maximum atomic E-state index is 12.5. The molecule has 5 nitrogen and oxygen atoms in total. The van der Waals surface area contributed by atoms with Crippen LogP contribution in [0.5, 0.6) is 0 Å². The number of aromatic nitrogens is 2. The Hall–Kier alpha value is -2.27. The fourth-order valence-corrected chi connectivity index (χ4v) is 3.80. The van der Waals surface area contributed by atoms with Crippen molar-refractivity contribution >= 4 is 5.91 Å². The van der Waals surface area contributed by atoms with Gasteiger partial charge in [0, 0.05) is 68.5 Å². The minimum absolute atomic E-state index is 0.136. The predicted octanol–water partition coefficient (Wildman–Crippen LogP) is 1.82. The molecule has 2 aromatic heterocycles. The molecule has 2 saturated heterocycles. The summed E-state index contributed by atoms with van der Waals surface area (Å²) in [6.07, 6.45) is 8.15. The van der Waals surface area contributed by atoms with E-state index in [9.17, 15) is 4.79 Å². The van der Waals surface area contributed by atoms with Gasteiger partial charge in [0.1, 0.15) is 0 Å². The fourth-order valence-electron chi connectivity index (χ4n) is 3.80. The van der Waals surface area contributed by atoms with E-state index in [2.05, 4.69) is 27.0 Å². The number of nitrogens with zero attached hydrogens (tertiary/aromatic N) is 4. The number of rotatable bonds is 3. The monoisotopic (exact) mass is 308 g/mol. The quantitative estimate of drug-likeness (QED) is 0.868. The second kappa shape index (κ2) is 5.74. The Morgan fingerprint density at radius 1 is 1.00 bits per heavy atom. The molecular formula is C18H20N4O. The molecule has 0 aromatic carbocycles. The second-order valence-corrected chi connectivity index (χ2v) is 6.71. The Bertz CT molecular complexity index is 683. The zero-order chi connectivity index (χ0) is 15.7. The molecular weight excluding hydrogens is 288 g/mol. The fraction of sp³-hybridized carbons (Fsp3) is 0.389. The third-order valence-electron chi connectivity index (χ3n) is 4.93. The number of likely N-dealkylation sites (tertiary alicyclic amines) is 2. The van der Waals surface area contributed by atoms with Crippen molar-refractivity contribution < 1.29 is 4.79 Å². The molecule has 2 aliphatic rings. The van der Waals surface area contributed by atoms with Crippen molar-refractivity contribution in [1.29, 1.82) is 0 Å². The first-order valence-corrected chi connectivity index (χ1v) is 8.05. The van der Waals surface area contributed by atoms with E-state index in [1.807, 2.05) is 17.3 Å². The van der Waals surface area contributed by atoms with Crippen LogP contribution in [0.15, 0.2) is 49.1 Å². The van der Waals surface area contributed by atoms with Crippen LogP contribution in [0.2, 0.25) is 0 Å². The first-order valence-electron chi connectivity index (χ1n) is 8.05. The third kappa shape index (κ3) is 2.84. The van der Waals surface area contributed by atoms with E-state index in [1.54, 1.807) is 24.5 Å². The third-order valence-corrected chi connectivity index (χ3v) is 4.93. The van der Waals surface area contributed by atoms with E-state index >= 15 is 0 Å². The maximum Gasteiger partial charge on any atom is 0.253 e. The highest BCUT2D eigenvalue weighted by molar-refractivity contribution is 5.94. The number of carbonyl (C=O) groups is 1. The lowest BCUT2D eigenvalue weighted by molar-refractivity contribution is 0.00259. The molecule has 1 spiro atoms. The molecule has 118 valence electrons. The SMILES string of the molecule is O=C(c1ccncc1)N1CCC2(CN(Cc3ccncc3)C2)C1. The van der Waals surface area contributed by atoms with Gasteiger partial charge in [-0.05, 0) is 36.2 Å². The van der Waals surface area contributed by atoms with Gasteiger partial charge < -0.3 is 4.90 Å². The maximum absolute atomic E-state index is 12.5. The van der Waals surface area contributed by atoms with Crippen LogP contribution in [0.4, 0.5) is 0 Å². The van der Waals surface area contributed by atoms with E-state index in [1.165, 1.54) is 5.56 Å². The number of amides is 1. The lowest BCUT2D eigenvalue weighted by atomic mass is 9.79. The van der Waals surface area contributed by atoms with Gasteiger partial charge in [-0.25, -0.2) is 0 Å². The molecule has 5 heteroatoms. The molecule has 0 saturated carbocycles. The summed E-state index contributed by atoms with van der Waals surface area (Å²) in [5, 5.41) is 0. The van der Waals surface area contributed by atoms with Crippen molar-refractivity contribution in [3.8, 4) is 0 Å². The number of carbonyl (C=O) groups excluding carboxylic acids is 1. The summed E-state index contributed by atoms with van der Waals surface area (Å²) < 4.78 is 0. The lowest BCUT2D eigenvalue weighted by Gasteiger charge is -2.48. The lowest BCUT2D eigenvalue weighted by Crippen LogP contribution is -2.57. The first kappa shape index (κ1) is 14.3. The van der Waals surface area contributed by atoms with Crippen LogP contribution >= 0.6 is 0 Å². The van der Waals surface area contributed by atoms with Gasteiger partial charge in [0.2, 0.25) is 0 Å². The summed E-state index contributed by atoms with van der Waals surface area (Å²) in [5.41, 5.74) is 2.35. The minimum atomic E-state index is 0.136. The van der Waals surface area contributed by atoms with E-state index in [0.717, 1.165) is 44.7 Å². The van der Waals surface area contributed by atoms with Gasteiger partial charge in [0.25, 0.3) is 5.91 Å². The number of pyridine rings is 2. The smallest absolute Gasteiger partial charge is 0.253 e. The van der Waals surface area contributed by atoms with Crippen molar-refractivity contribution in [2.75, 3.05) is 26.2 Å². The molecule has 4 heterocycles. The van der Waals surface area contributed by atoms with Crippen molar-refractivity contribution in [3.05, 3.63) is 60.2 Å². The molecule has 23 heavy (non-hydrogen) atoms. The van der Waals surface area contributed by atoms with Gasteiger partial charge in [-0.1, -0.05) is 0 Å². The second-order valence-electron chi connectivity index (χ2n) is 6.71. The van der Waals surface area contributed by atoms with Gasteiger partial charge in [-0.2, -0.15) is 0 Å². The van der Waals surface area contributed by atoms with E-state index < -0.39 is 0 Å². The standard InChI is InChI=1S/C18H20N4O/c23-17(16-3-8-20-9-4-16)22-10-5-18(14-22)12-21(13-18)11-15-1-6-19-7-2-15/h1-4,6-9H,5,10-14H2. The summed E-state index contributed by atoms with van der Waals surface area (Å²) >= 11 is 0. The van der Waals surface area contributed by atoms with E-state index in [4.69, 9.17) is 0 Å². The van der Waals surface area contributed by atoms with Crippen LogP contribution in [0.25, 0.3) is 0 Å². The molecule has 1 amide bonds. The highest BCUT2D eigenvalue weighted by atomic mass is 16.2. The molecule has 2 aliphatic heterocycles. The molecule has 0 radical (unpaired) electrons. The Morgan fingerprint density at radius 3 is 2.35 bits per heavy atom. The zero-order valence-electron chi connectivity index (χ0n) is 13.1. The number of hydrogen-bond donors (Lipinski definition) is 0.